The first kappa shape index (κ1) is 40.7. The van der Waals surface area contributed by atoms with E-state index in [1.807, 2.05) is 41.2 Å². The van der Waals surface area contributed by atoms with E-state index >= 15 is 0 Å². The number of hydrogen-bond acceptors (Lipinski definition) is 9. The highest BCUT2D eigenvalue weighted by molar-refractivity contribution is 5.89. The Morgan fingerprint density at radius 1 is 0.931 bits per heavy atom. The van der Waals surface area contributed by atoms with Crippen LogP contribution >= 0.6 is 0 Å². The number of carbonyl (C=O) groups excluding carboxylic acids is 1. The summed E-state index contributed by atoms with van der Waals surface area (Å²) in [7, 11) is 1.80. The molecule has 2 fully saturated rings. The molecule has 2 aromatic carbocycles. The summed E-state index contributed by atoms with van der Waals surface area (Å²) >= 11 is 0. The molecule has 1 aliphatic carbocycles. The lowest BCUT2D eigenvalue weighted by Gasteiger charge is -2.33. The van der Waals surface area contributed by atoms with Gasteiger partial charge >= 0.3 is 6.03 Å². The number of hydrogen-bond donors (Lipinski definition) is 3. The number of anilines is 2. The molecule has 2 amide bonds. The minimum atomic E-state index is -0.268. The number of amides is 2. The maximum Gasteiger partial charge on any atom is 0.320 e. The van der Waals surface area contributed by atoms with Crippen molar-refractivity contribution in [1.82, 2.24) is 34.6 Å². The molecule has 0 radical (unpaired) electrons. The van der Waals surface area contributed by atoms with Crippen molar-refractivity contribution in [2.75, 3.05) is 37.0 Å². The van der Waals surface area contributed by atoms with Gasteiger partial charge in [-0.2, -0.15) is 5.10 Å². The van der Waals surface area contributed by atoms with Crippen molar-refractivity contribution in [1.29, 1.82) is 0 Å². The number of piperidine rings is 2. The van der Waals surface area contributed by atoms with Crippen LogP contribution in [0.4, 0.5) is 16.6 Å². The first-order chi connectivity index (χ1) is 28.0. The summed E-state index contributed by atoms with van der Waals surface area (Å²) in [4.78, 5) is 27.0. The number of benzene rings is 2. The van der Waals surface area contributed by atoms with Crippen LogP contribution in [0, 0.1) is 0 Å². The molecule has 14 nitrogen and oxygen atoms in total. The van der Waals surface area contributed by atoms with E-state index in [0.29, 0.717) is 18.0 Å². The second-order valence-corrected chi connectivity index (χ2v) is 16.7. The number of urea groups is 1. The zero-order valence-electron chi connectivity index (χ0n) is 34.3. The molecule has 0 spiro atoms. The molecule has 2 aliphatic heterocycles. The zero-order valence-corrected chi connectivity index (χ0v) is 34.3. The van der Waals surface area contributed by atoms with Crippen LogP contribution in [0.3, 0.4) is 0 Å². The van der Waals surface area contributed by atoms with Gasteiger partial charge in [0, 0.05) is 50.8 Å². The number of nitrogens with zero attached hydrogens (tertiary/aromatic N) is 7. The lowest BCUT2D eigenvalue weighted by molar-refractivity contribution is -0.122. The molecule has 14 heteroatoms. The Balaban J connectivity index is 0.00000166. The lowest BCUT2D eigenvalue weighted by Crippen LogP contribution is -2.38. The van der Waals surface area contributed by atoms with Crippen LogP contribution in [0.2, 0.25) is 0 Å². The average Bonchev–Trinajstić information content (AvgIpc) is 3.84. The number of likely N-dealkylation sites (tertiary alicyclic amines) is 1. The van der Waals surface area contributed by atoms with E-state index in [1.165, 1.54) is 12.0 Å². The number of carboxylic acid groups (broad SMARTS) is 1. The maximum atomic E-state index is 13.8. The quantitative estimate of drug-likeness (QED) is 0.127. The third-order valence-corrected chi connectivity index (χ3v) is 11.6. The van der Waals surface area contributed by atoms with Gasteiger partial charge in [0.05, 0.1) is 29.7 Å². The number of ether oxygens (including phenoxy) is 2. The molecule has 58 heavy (non-hydrogen) atoms. The minimum Gasteiger partial charge on any atom is -0.484 e. The number of aromatic nitrogens is 5. The van der Waals surface area contributed by atoms with Gasteiger partial charge in [0.1, 0.15) is 17.7 Å². The van der Waals surface area contributed by atoms with Crippen LogP contribution in [-0.4, -0.2) is 85.8 Å². The van der Waals surface area contributed by atoms with Crippen LogP contribution in [0.1, 0.15) is 107 Å². The van der Waals surface area contributed by atoms with Crippen LogP contribution in [0.25, 0.3) is 11.3 Å². The normalized spacial score (nSPS) is 20.2. The van der Waals surface area contributed by atoms with E-state index in [0.717, 1.165) is 105 Å². The second kappa shape index (κ2) is 18.0. The molecular weight excluding hydrogens is 735 g/mol. The predicted octanol–water partition coefficient (Wildman–Crippen LogP) is 7.68. The molecule has 3 atom stereocenters. The zero-order chi connectivity index (χ0) is 40.8. The fraction of sp³-hybridized carbons (Fsp3) is 0.477. The van der Waals surface area contributed by atoms with E-state index in [1.54, 1.807) is 7.11 Å². The van der Waals surface area contributed by atoms with Crippen LogP contribution in [0.15, 0.2) is 72.9 Å². The molecule has 2 saturated heterocycles. The molecule has 5 aromatic rings. The van der Waals surface area contributed by atoms with Crippen molar-refractivity contribution in [3.05, 3.63) is 95.3 Å². The van der Waals surface area contributed by atoms with Gasteiger partial charge in [-0.25, -0.2) is 9.48 Å². The molecular formula is C44H57N9O5. The Bertz CT molecular complexity index is 2170. The summed E-state index contributed by atoms with van der Waals surface area (Å²) in [6.07, 6.45) is 9.35. The molecule has 3 aromatic heterocycles. The van der Waals surface area contributed by atoms with E-state index in [2.05, 4.69) is 99.1 Å². The van der Waals surface area contributed by atoms with Gasteiger partial charge in [-0.15, -0.1) is 10.2 Å². The summed E-state index contributed by atoms with van der Waals surface area (Å²) < 4.78 is 16.2. The van der Waals surface area contributed by atoms with Crippen LogP contribution < -0.4 is 20.3 Å². The highest BCUT2D eigenvalue weighted by Crippen LogP contribution is 2.39. The minimum absolute atomic E-state index is 0.155. The van der Waals surface area contributed by atoms with Gasteiger partial charge in [0.15, 0.2) is 5.65 Å². The summed E-state index contributed by atoms with van der Waals surface area (Å²) in [6, 6.07) is 22.7. The largest absolute Gasteiger partial charge is 0.484 e. The van der Waals surface area contributed by atoms with Crippen molar-refractivity contribution in [2.24, 2.45) is 0 Å². The van der Waals surface area contributed by atoms with Crippen molar-refractivity contribution >= 4 is 29.9 Å². The van der Waals surface area contributed by atoms with Crippen molar-refractivity contribution in [3.63, 3.8) is 0 Å². The molecule has 0 bridgehead atoms. The van der Waals surface area contributed by atoms with Crippen LogP contribution in [-0.2, 0) is 21.5 Å². The summed E-state index contributed by atoms with van der Waals surface area (Å²) in [5, 5.41) is 27.4. The summed E-state index contributed by atoms with van der Waals surface area (Å²) in [5.74, 6) is 2.27. The standard InChI is InChI=1S/C43H55N9O3.CH2O2/c1-29-11-8-9-22-50(29)42-47-46-39-19-16-33(28-51(39)42)55-37-18-17-36(34-14-6-7-15-35(34)37)44-41(53)45-40-26-38(43(2,3)4)48-52(40)31-13-10-12-30(25-31)27-49-23-20-32(54-5)21-24-49;2-1-3/h6-7,10,12-16,19,25-26,28-29,32,36-37H,8-9,11,17-18,20-24,27H2,1-5H3,(H2,44,45,53);1H,(H,2,3)/t29?,36-,37+;/m0./s1. The van der Waals surface area contributed by atoms with E-state index in [4.69, 9.17) is 24.5 Å². The van der Waals surface area contributed by atoms with Crippen molar-refractivity contribution in [2.45, 2.75) is 109 Å². The number of methoxy groups -OCH3 is 1. The van der Waals surface area contributed by atoms with Crippen molar-refractivity contribution in [3.8, 4) is 11.4 Å². The van der Waals surface area contributed by atoms with Crippen LogP contribution in [0.5, 0.6) is 5.75 Å². The van der Waals surface area contributed by atoms with Gasteiger partial charge in [-0.05, 0) is 92.8 Å². The molecule has 3 aliphatic rings. The Morgan fingerprint density at radius 3 is 2.45 bits per heavy atom. The Morgan fingerprint density at radius 2 is 1.71 bits per heavy atom. The molecule has 3 N–H and O–H groups in total. The molecule has 8 rings (SSSR count). The van der Waals surface area contributed by atoms with E-state index < -0.39 is 0 Å². The topological polar surface area (TPSA) is 151 Å². The fourth-order valence-electron chi connectivity index (χ4n) is 8.40. The van der Waals surface area contributed by atoms with Gasteiger partial charge < -0.3 is 24.8 Å². The van der Waals surface area contributed by atoms with Gasteiger partial charge in [0.2, 0.25) is 5.95 Å². The average molecular weight is 792 g/mol. The second-order valence-electron chi connectivity index (χ2n) is 16.7. The first-order valence-electron chi connectivity index (χ1n) is 20.5. The number of fused-ring (bicyclic) bond motifs is 2. The Kier molecular flexibility index (Phi) is 12.6. The van der Waals surface area contributed by atoms with Crippen molar-refractivity contribution < 1.29 is 24.2 Å². The third-order valence-electron chi connectivity index (χ3n) is 11.6. The predicted molar refractivity (Wildman–Crippen MR) is 224 cm³/mol. The number of nitrogens with one attached hydrogen (secondary N) is 2. The Hall–Kier alpha value is -5.47. The number of rotatable bonds is 9. The highest BCUT2D eigenvalue weighted by atomic mass is 16.5. The highest BCUT2D eigenvalue weighted by Gasteiger charge is 2.31. The first-order valence-corrected chi connectivity index (χ1v) is 20.5. The summed E-state index contributed by atoms with van der Waals surface area (Å²) in [6.45, 7) is 12.3. The van der Waals surface area contributed by atoms with E-state index in [-0.39, 0.29) is 30.1 Å². The Labute approximate surface area is 340 Å². The molecule has 308 valence electrons. The maximum absolute atomic E-state index is 13.8. The summed E-state index contributed by atoms with van der Waals surface area (Å²) in [5.41, 5.74) is 5.78. The fourth-order valence-corrected chi connectivity index (χ4v) is 8.40. The third kappa shape index (κ3) is 9.29. The van der Waals surface area contributed by atoms with Gasteiger partial charge in [-0.3, -0.25) is 19.4 Å². The SMILES string of the molecule is COC1CCN(Cc2cccc(-n3nc(C(C)(C)C)cc3NC(=O)N[C@H]3CC[C@@H](Oc4ccc5nnc(N6CCCCC6C)n5c4)c4ccccc43)c2)CC1.O=CO. The van der Waals surface area contributed by atoms with Gasteiger partial charge in [0.25, 0.3) is 6.47 Å². The molecule has 0 saturated carbocycles. The smallest absolute Gasteiger partial charge is 0.320 e. The monoisotopic (exact) mass is 791 g/mol. The molecule has 5 heterocycles. The number of pyridine rings is 1. The molecule has 1 unspecified atom stereocenters. The van der Waals surface area contributed by atoms with E-state index in [9.17, 15) is 4.79 Å². The van der Waals surface area contributed by atoms with Gasteiger partial charge in [-0.1, -0.05) is 57.2 Å². The number of carbonyl (C=O) groups is 2. The lowest BCUT2D eigenvalue weighted by atomic mass is 9.85.